The van der Waals surface area contributed by atoms with E-state index in [1.165, 1.54) is 12.1 Å². The number of halogens is 2. The monoisotopic (exact) mass is 232 g/mol. The van der Waals surface area contributed by atoms with Gasteiger partial charge in [-0.15, -0.1) is 0 Å². The number of benzene rings is 1. The molecule has 66 valence electrons. The summed E-state index contributed by atoms with van der Waals surface area (Å²) in [6.07, 6.45) is 0. The Labute approximate surface area is 79.4 Å². The molecule has 0 spiro atoms. The molecule has 3 heteroatoms. The van der Waals surface area contributed by atoms with E-state index in [2.05, 4.69) is 15.9 Å². The van der Waals surface area contributed by atoms with Crippen molar-refractivity contribution in [1.29, 1.82) is 0 Å². The van der Waals surface area contributed by atoms with E-state index < -0.39 is 0 Å². The first-order valence-corrected chi connectivity index (χ1v) is 4.49. The van der Waals surface area contributed by atoms with E-state index in [-0.39, 0.29) is 18.3 Å². The van der Waals surface area contributed by atoms with Gasteiger partial charge in [0.1, 0.15) is 5.82 Å². The smallest absolute Gasteiger partial charge is 0.124 e. The largest absolute Gasteiger partial charge is 0.396 e. The number of aliphatic hydroxyl groups excluding tert-OH is 1. The van der Waals surface area contributed by atoms with Crippen LogP contribution in [0.15, 0.2) is 22.7 Å². The second-order valence-electron chi connectivity index (χ2n) is 2.79. The molecule has 1 unspecified atom stereocenters. The van der Waals surface area contributed by atoms with E-state index >= 15 is 0 Å². The molecule has 0 bridgehead atoms. The summed E-state index contributed by atoms with van der Waals surface area (Å²) >= 11 is 3.19. The number of hydrogen-bond acceptors (Lipinski definition) is 1. The van der Waals surface area contributed by atoms with Crippen LogP contribution in [0.3, 0.4) is 0 Å². The third-order valence-corrected chi connectivity index (χ3v) is 2.19. The van der Waals surface area contributed by atoms with E-state index in [4.69, 9.17) is 5.11 Å². The van der Waals surface area contributed by atoms with Gasteiger partial charge in [0.2, 0.25) is 0 Å². The Kier molecular flexibility index (Phi) is 3.23. The minimum Gasteiger partial charge on any atom is -0.396 e. The fourth-order valence-electron chi connectivity index (χ4n) is 0.965. The van der Waals surface area contributed by atoms with Gasteiger partial charge in [-0.1, -0.05) is 22.9 Å². The minimum absolute atomic E-state index is 0.0167. The molecule has 0 saturated heterocycles. The fraction of sp³-hybridized carbons (Fsp3) is 0.333. The van der Waals surface area contributed by atoms with Crippen LogP contribution in [-0.2, 0) is 0 Å². The lowest BCUT2D eigenvalue weighted by molar-refractivity contribution is 0.273. The van der Waals surface area contributed by atoms with Gasteiger partial charge in [-0.25, -0.2) is 4.39 Å². The maximum Gasteiger partial charge on any atom is 0.124 e. The average molecular weight is 233 g/mol. The van der Waals surface area contributed by atoms with Crippen LogP contribution in [0, 0.1) is 5.82 Å². The topological polar surface area (TPSA) is 20.2 Å². The quantitative estimate of drug-likeness (QED) is 0.832. The molecule has 0 aromatic heterocycles. The molecule has 0 aliphatic rings. The lowest BCUT2D eigenvalue weighted by atomic mass is 10.0. The van der Waals surface area contributed by atoms with E-state index in [1.807, 2.05) is 13.0 Å². The summed E-state index contributed by atoms with van der Waals surface area (Å²) in [6, 6.07) is 4.64. The maximum atomic E-state index is 12.8. The van der Waals surface area contributed by atoms with Crippen molar-refractivity contribution in [3.05, 3.63) is 34.1 Å². The van der Waals surface area contributed by atoms with Crippen molar-refractivity contribution in [2.75, 3.05) is 6.61 Å². The third kappa shape index (κ3) is 2.29. The van der Waals surface area contributed by atoms with Gasteiger partial charge in [0.25, 0.3) is 0 Å². The van der Waals surface area contributed by atoms with Gasteiger partial charge in [-0.2, -0.15) is 0 Å². The van der Waals surface area contributed by atoms with Crippen LogP contribution in [0.1, 0.15) is 18.4 Å². The highest BCUT2D eigenvalue weighted by Gasteiger charge is 2.05. The Balaban J connectivity index is 3.00. The molecule has 1 nitrogen and oxygen atoms in total. The number of rotatable bonds is 2. The summed E-state index contributed by atoms with van der Waals surface area (Å²) in [5, 5.41) is 8.83. The summed E-state index contributed by atoms with van der Waals surface area (Å²) in [5.41, 5.74) is 0.810. The second-order valence-corrected chi connectivity index (χ2v) is 3.70. The Hall–Kier alpha value is -0.410. The first-order chi connectivity index (χ1) is 5.63. The van der Waals surface area contributed by atoms with Crippen LogP contribution in [0.4, 0.5) is 4.39 Å². The molecule has 0 aliphatic heterocycles. The number of hydrogen-bond donors (Lipinski definition) is 1. The maximum absolute atomic E-state index is 12.8. The van der Waals surface area contributed by atoms with Gasteiger partial charge in [0, 0.05) is 17.0 Å². The highest BCUT2D eigenvalue weighted by molar-refractivity contribution is 9.10. The first kappa shape index (κ1) is 9.68. The van der Waals surface area contributed by atoms with Crippen molar-refractivity contribution in [2.45, 2.75) is 12.8 Å². The molecule has 1 atom stereocenters. The zero-order valence-corrected chi connectivity index (χ0v) is 8.31. The Morgan fingerprint density at radius 2 is 2.17 bits per heavy atom. The highest BCUT2D eigenvalue weighted by atomic mass is 79.9. The molecular weight excluding hydrogens is 223 g/mol. The lowest BCUT2D eigenvalue weighted by Crippen LogP contribution is -1.99. The van der Waals surface area contributed by atoms with Crippen LogP contribution in [0.2, 0.25) is 0 Å². The molecule has 0 radical (unpaired) electrons. The molecule has 0 amide bonds. The van der Waals surface area contributed by atoms with E-state index in [1.54, 1.807) is 0 Å². The zero-order valence-electron chi connectivity index (χ0n) is 6.72. The molecule has 0 aliphatic carbocycles. The molecule has 0 fully saturated rings. The van der Waals surface area contributed by atoms with Gasteiger partial charge in [0.05, 0.1) is 0 Å². The second kappa shape index (κ2) is 4.01. The van der Waals surface area contributed by atoms with Crippen molar-refractivity contribution in [2.24, 2.45) is 0 Å². The molecule has 1 rings (SSSR count). The summed E-state index contributed by atoms with van der Waals surface area (Å²) in [4.78, 5) is 0. The van der Waals surface area contributed by atoms with Crippen molar-refractivity contribution in [3.8, 4) is 0 Å². The molecule has 1 aromatic rings. The van der Waals surface area contributed by atoms with Crippen molar-refractivity contribution in [3.63, 3.8) is 0 Å². The number of aliphatic hydroxyl groups is 1. The summed E-state index contributed by atoms with van der Waals surface area (Å²) in [7, 11) is 0. The fourth-order valence-corrected chi connectivity index (χ4v) is 1.45. The van der Waals surface area contributed by atoms with Gasteiger partial charge >= 0.3 is 0 Å². The molecule has 1 N–H and O–H groups in total. The molecule has 0 heterocycles. The summed E-state index contributed by atoms with van der Waals surface area (Å²) in [6.45, 7) is 1.89. The molecule has 0 saturated carbocycles. The van der Waals surface area contributed by atoms with Crippen LogP contribution in [-0.4, -0.2) is 11.7 Å². The minimum atomic E-state index is -0.278. The van der Waals surface area contributed by atoms with Gasteiger partial charge in [-0.05, 0) is 23.8 Å². The third-order valence-electron chi connectivity index (χ3n) is 1.73. The Morgan fingerprint density at radius 1 is 1.50 bits per heavy atom. The highest BCUT2D eigenvalue weighted by Crippen LogP contribution is 2.20. The van der Waals surface area contributed by atoms with Crippen molar-refractivity contribution in [1.82, 2.24) is 0 Å². The molecule has 12 heavy (non-hydrogen) atoms. The Bertz CT molecular complexity index is 255. The van der Waals surface area contributed by atoms with Gasteiger partial charge in [-0.3, -0.25) is 0 Å². The van der Waals surface area contributed by atoms with E-state index in [9.17, 15) is 4.39 Å². The molecular formula is C9H10BrFO. The predicted octanol–water partition coefficient (Wildman–Crippen LogP) is 2.68. The average Bonchev–Trinajstić information content (AvgIpc) is 2.01. The van der Waals surface area contributed by atoms with Gasteiger partial charge < -0.3 is 5.11 Å². The van der Waals surface area contributed by atoms with Gasteiger partial charge in [0.15, 0.2) is 0 Å². The Morgan fingerprint density at radius 3 is 2.67 bits per heavy atom. The zero-order chi connectivity index (χ0) is 9.14. The van der Waals surface area contributed by atoms with Crippen LogP contribution in [0.5, 0.6) is 0 Å². The molecule has 1 aromatic carbocycles. The lowest BCUT2D eigenvalue weighted by Gasteiger charge is -2.08. The standard InChI is InChI=1S/C9H10BrFO/c1-6(5-12)7-2-8(10)4-9(11)3-7/h2-4,6,12H,5H2,1H3. The van der Waals surface area contributed by atoms with Crippen molar-refractivity contribution < 1.29 is 9.50 Å². The van der Waals surface area contributed by atoms with Crippen molar-refractivity contribution >= 4 is 15.9 Å². The van der Waals surface area contributed by atoms with E-state index in [0.29, 0.717) is 4.47 Å². The van der Waals surface area contributed by atoms with Crippen LogP contribution in [0.25, 0.3) is 0 Å². The predicted molar refractivity (Wildman–Crippen MR) is 49.6 cm³/mol. The first-order valence-electron chi connectivity index (χ1n) is 3.70. The summed E-state index contributed by atoms with van der Waals surface area (Å²) in [5.74, 6) is -0.295. The van der Waals surface area contributed by atoms with Crippen LogP contribution >= 0.6 is 15.9 Å². The SMILES string of the molecule is CC(CO)c1cc(F)cc(Br)c1. The summed E-state index contributed by atoms with van der Waals surface area (Å²) < 4.78 is 13.5. The van der Waals surface area contributed by atoms with Crippen LogP contribution < -0.4 is 0 Å². The normalized spacial score (nSPS) is 13.0. The van der Waals surface area contributed by atoms with E-state index in [0.717, 1.165) is 5.56 Å².